The molecule has 0 radical (unpaired) electrons. The normalized spacial score (nSPS) is 12.6. The van der Waals surface area contributed by atoms with Crippen molar-refractivity contribution in [3.63, 3.8) is 0 Å². The first kappa shape index (κ1) is 34.9. The quantitative estimate of drug-likeness (QED) is 0.146. The smallest absolute Gasteiger partial charge is 0.416 e. The molecule has 0 aromatic heterocycles. The predicted molar refractivity (Wildman–Crippen MR) is 167 cm³/mol. The molecule has 0 aliphatic carbocycles. The maximum atomic E-state index is 13.7. The number of hydrogen-bond donors (Lipinski definition) is 1. The van der Waals surface area contributed by atoms with Gasteiger partial charge in [0.2, 0.25) is 0 Å². The lowest BCUT2D eigenvalue weighted by Crippen LogP contribution is -3.00. The summed E-state index contributed by atoms with van der Waals surface area (Å²) < 4.78 is 81.8. The summed E-state index contributed by atoms with van der Waals surface area (Å²) in [4.78, 5) is 13.7. The van der Waals surface area contributed by atoms with Crippen molar-refractivity contribution in [3.05, 3.63) is 167 Å². The Morgan fingerprint density at radius 2 is 1.02 bits per heavy atom. The second-order valence-electron chi connectivity index (χ2n) is 10.7. The summed E-state index contributed by atoms with van der Waals surface area (Å²) in [5.74, 6) is -1.03. The van der Waals surface area contributed by atoms with Crippen molar-refractivity contribution in [2.75, 3.05) is 6.16 Å². The number of benzene rings is 5. The zero-order valence-electron chi connectivity index (χ0n) is 24.3. The second kappa shape index (κ2) is 14.7. The van der Waals surface area contributed by atoms with Crippen molar-refractivity contribution in [1.29, 1.82) is 0 Å². The number of rotatable bonds is 9. The summed E-state index contributed by atoms with van der Waals surface area (Å²) in [5.41, 5.74) is -2.07. The second-order valence-corrected chi connectivity index (χ2v) is 14.3. The summed E-state index contributed by atoms with van der Waals surface area (Å²) >= 11 is 0. The van der Waals surface area contributed by atoms with Crippen LogP contribution in [0.25, 0.3) is 0 Å². The monoisotopic (exact) mass is 715 g/mol. The molecule has 0 aliphatic heterocycles. The van der Waals surface area contributed by atoms with Crippen LogP contribution in [-0.2, 0) is 18.5 Å². The van der Waals surface area contributed by atoms with E-state index in [0.717, 1.165) is 16.2 Å². The summed E-state index contributed by atoms with van der Waals surface area (Å²) in [6, 6.07) is 38.8. The average molecular weight is 717 g/mol. The van der Waals surface area contributed by atoms with Gasteiger partial charge in [-0.1, -0.05) is 97.1 Å². The summed E-state index contributed by atoms with van der Waals surface area (Å²) in [7, 11) is -2.44. The molecule has 0 unspecified atom stereocenters. The number of carbonyl (C=O) groups is 1. The van der Waals surface area contributed by atoms with Crippen LogP contribution in [0.4, 0.5) is 26.3 Å². The third-order valence-electron chi connectivity index (χ3n) is 7.65. The maximum Gasteiger partial charge on any atom is 0.416 e. The molecule has 1 amide bonds. The molecule has 0 saturated heterocycles. The standard InChI is InChI=1S/C36H28F6NOP.BrH/c37-35(38,39)29-21-28(22-30(23-29)36(40,41)42)34(44)43-33(27-15-7-2-8-16-27)25-45(31-17-9-3-10-18-31,32-19-11-4-12-20-32)24-26-13-5-1-6-14-26;/h1-23,33H,24-25H2;1H/t33-;/m1./s1. The first-order valence-electron chi connectivity index (χ1n) is 14.1. The van der Waals surface area contributed by atoms with Crippen LogP contribution in [0, 0.1) is 0 Å². The SMILES string of the molecule is O=C(N[C@H](C[P+](Cc1ccccc1)(c1ccccc1)c1ccccc1)c1ccccc1)c1cc(C(F)(F)F)cc(C(F)(F)F)c1.[Br-]. The number of hydrogen-bond acceptors (Lipinski definition) is 1. The molecule has 0 fully saturated rings. The van der Waals surface area contributed by atoms with Gasteiger partial charge in [-0.05, 0) is 53.6 Å². The molecular formula is C36H29BrF6NOP. The summed E-state index contributed by atoms with van der Waals surface area (Å²) in [5, 5.41) is 4.94. The highest BCUT2D eigenvalue weighted by Gasteiger charge is 2.46. The van der Waals surface area contributed by atoms with Gasteiger partial charge in [0.05, 0.1) is 47.4 Å². The number of alkyl halides is 6. The molecule has 238 valence electrons. The lowest BCUT2D eigenvalue weighted by Gasteiger charge is -2.32. The zero-order chi connectivity index (χ0) is 32.1. The topological polar surface area (TPSA) is 29.1 Å². The van der Waals surface area contributed by atoms with E-state index >= 15 is 0 Å². The van der Waals surface area contributed by atoms with Crippen LogP contribution in [0.1, 0.15) is 38.7 Å². The van der Waals surface area contributed by atoms with Crippen LogP contribution in [-0.4, -0.2) is 12.1 Å². The van der Waals surface area contributed by atoms with E-state index in [1.54, 1.807) is 30.3 Å². The third-order valence-corrected chi connectivity index (χ3v) is 12.1. The fraction of sp³-hybridized carbons (Fsp3) is 0.139. The van der Waals surface area contributed by atoms with Crippen LogP contribution >= 0.6 is 7.26 Å². The highest BCUT2D eigenvalue weighted by molar-refractivity contribution is 7.88. The van der Waals surface area contributed by atoms with E-state index in [4.69, 9.17) is 0 Å². The van der Waals surface area contributed by atoms with Gasteiger partial charge < -0.3 is 22.3 Å². The summed E-state index contributed by atoms with van der Waals surface area (Å²) in [6.45, 7) is 0. The van der Waals surface area contributed by atoms with Gasteiger partial charge in [-0.2, -0.15) is 26.3 Å². The molecule has 5 rings (SSSR count). The van der Waals surface area contributed by atoms with E-state index in [2.05, 4.69) is 5.32 Å². The molecule has 2 nitrogen and oxygen atoms in total. The molecule has 0 aliphatic rings. The molecule has 5 aromatic carbocycles. The largest absolute Gasteiger partial charge is 1.00 e. The molecular weight excluding hydrogens is 687 g/mol. The highest BCUT2D eigenvalue weighted by Crippen LogP contribution is 2.61. The van der Waals surface area contributed by atoms with Crippen molar-refractivity contribution in [3.8, 4) is 0 Å². The Morgan fingerprint density at radius 1 is 0.609 bits per heavy atom. The molecule has 0 spiro atoms. The lowest BCUT2D eigenvalue weighted by molar-refractivity contribution is -0.143. The Labute approximate surface area is 274 Å². The van der Waals surface area contributed by atoms with E-state index in [9.17, 15) is 31.1 Å². The van der Waals surface area contributed by atoms with Crippen molar-refractivity contribution >= 4 is 23.8 Å². The molecule has 10 heteroatoms. The van der Waals surface area contributed by atoms with Crippen LogP contribution < -0.4 is 32.9 Å². The Hall–Kier alpha value is -3.94. The predicted octanol–water partition coefficient (Wildman–Crippen LogP) is 6.07. The number of carbonyl (C=O) groups excluding carboxylic acids is 1. The van der Waals surface area contributed by atoms with Crippen molar-refractivity contribution in [2.24, 2.45) is 0 Å². The number of nitrogens with one attached hydrogen (secondary N) is 1. The Balaban J connectivity index is 0.00000480. The van der Waals surface area contributed by atoms with Crippen molar-refractivity contribution in [2.45, 2.75) is 24.6 Å². The van der Waals surface area contributed by atoms with Gasteiger partial charge in [0.25, 0.3) is 5.91 Å². The molecule has 5 aromatic rings. The van der Waals surface area contributed by atoms with Crippen LogP contribution in [0.5, 0.6) is 0 Å². The molecule has 0 bridgehead atoms. The van der Waals surface area contributed by atoms with Crippen LogP contribution in [0.15, 0.2) is 140 Å². The maximum absolute atomic E-state index is 13.7. The minimum absolute atomic E-state index is 0. The van der Waals surface area contributed by atoms with E-state index in [1.165, 1.54) is 0 Å². The lowest BCUT2D eigenvalue weighted by atomic mass is 10.0. The highest BCUT2D eigenvalue weighted by atomic mass is 79.9. The molecule has 1 N–H and O–H groups in total. The minimum Gasteiger partial charge on any atom is -1.00 e. The Bertz CT molecular complexity index is 1640. The summed E-state index contributed by atoms with van der Waals surface area (Å²) in [6.07, 6.45) is -9.18. The van der Waals surface area contributed by atoms with Crippen molar-refractivity contribution < 1.29 is 48.1 Å². The van der Waals surface area contributed by atoms with Crippen LogP contribution in [0.2, 0.25) is 0 Å². The van der Waals surface area contributed by atoms with Crippen LogP contribution in [0.3, 0.4) is 0 Å². The number of halogens is 7. The van der Waals surface area contributed by atoms with Crippen molar-refractivity contribution in [1.82, 2.24) is 5.32 Å². The van der Waals surface area contributed by atoms with Gasteiger partial charge >= 0.3 is 12.4 Å². The molecule has 0 saturated carbocycles. The van der Waals surface area contributed by atoms with Gasteiger partial charge in [0.15, 0.2) is 0 Å². The van der Waals surface area contributed by atoms with Gasteiger partial charge in [-0.3, -0.25) is 4.79 Å². The molecule has 0 heterocycles. The van der Waals surface area contributed by atoms with Gasteiger partial charge in [0, 0.05) is 5.56 Å². The number of amides is 1. The van der Waals surface area contributed by atoms with E-state index in [0.29, 0.717) is 30.0 Å². The van der Waals surface area contributed by atoms with E-state index in [1.807, 2.05) is 91.0 Å². The Kier molecular flexibility index (Phi) is 11.1. The third kappa shape index (κ3) is 8.25. The van der Waals surface area contributed by atoms with Gasteiger partial charge in [-0.15, -0.1) is 0 Å². The average Bonchev–Trinajstić information content (AvgIpc) is 3.04. The van der Waals surface area contributed by atoms with Gasteiger partial charge in [0.1, 0.15) is 0 Å². The van der Waals surface area contributed by atoms with E-state index < -0.39 is 48.3 Å². The minimum atomic E-state index is -5.08. The zero-order valence-corrected chi connectivity index (χ0v) is 26.8. The van der Waals surface area contributed by atoms with Gasteiger partial charge in [-0.25, -0.2) is 0 Å². The Morgan fingerprint density at radius 3 is 1.46 bits per heavy atom. The molecule has 46 heavy (non-hydrogen) atoms. The fourth-order valence-corrected chi connectivity index (χ4v) is 9.95. The first-order valence-corrected chi connectivity index (χ1v) is 16.3. The molecule has 1 atom stereocenters. The first-order chi connectivity index (χ1) is 21.5. The van der Waals surface area contributed by atoms with E-state index in [-0.39, 0.29) is 23.0 Å². The fourth-order valence-electron chi connectivity index (χ4n) is 5.49.